The van der Waals surface area contributed by atoms with E-state index in [1.807, 2.05) is 91.0 Å². The van der Waals surface area contributed by atoms with Crippen molar-refractivity contribution in [1.29, 1.82) is 0 Å². The minimum atomic E-state index is 0.688. The molecule has 0 aliphatic carbocycles. The Morgan fingerprint density at radius 2 is 0.906 bits per heavy atom. The number of hydrogen-bond acceptors (Lipinski definition) is 5. The second-order valence-electron chi connectivity index (χ2n) is 13.0. The van der Waals surface area contributed by atoms with Crippen LogP contribution in [0, 0.1) is 0 Å². The summed E-state index contributed by atoms with van der Waals surface area (Å²) in [4.78, 5) is 17.0. The van der Waals surface area contributed by atoms with Crippen LogP contribution in [0.25, 0.3) is 94.7 Å². The van der Waals surface area contributed by atoms with Gasteiger partial charge in [-0.15, -0.1) is 10.2 Å². The molecule has 0 spiro atoms. The molecular weight excluding hydrogens is 649 g/mol. The van der Waals surface area contributed by atoms with Crippen molar-refractivity contribution in [3.8, 4) is 62.0 Å². The Kier molecular flexibility index (Phi) is 7.36. The molecule has 10 aromatic rings. The lowest BCUT2D eigenvalue weighted by Crippen LogP contribution is -1.97. The summed E-state index contributed by atoms with van der Waals surface area (Å²) >= 11 is 0. The molecular formula is C47H30N6. The lowest BCUT2D eigenvalue weighted by Gasteiger charge is -2.13. The zero-order valence-corrected chi connectivity index (χ0v) is 28.5. The van der Waals surface area contributed by atoms with Gasteiger partial charge in [0.1, 0.15) is 11.0 Å². The average Bonchev–Trinajstić information content (AvgIpc) is 3.70. The molecule has 3 heterocycles. The predicted octanol–water partition coefficient (Wildman–Crippen LogP) is 11.2. The zero-order valence-electron chi connectivity index (χ0n) is 28.5. The monoisotopic (exact) mass is 678 g/mol. The van der Waals surface area contributed by atoms with Gasteiger partial charge >= 0.3 is 0 Å². The van der Waals surface area contributed by atoms with Crippen molar-refractivity contribution in [3.05, 3.63) is 182 Å². The third-order valence-corrected chi connectivity index (χ3v) is 9.68. The van der Waals surface area contributed by atoms with E-state index in [0.717, 1.165) is 88.9 Å². The highest BCUT2D eigenvalue weighted by Crippen LogP contribution is 2.41. The highest BCUT2D eigenvalue weighted by Gasteiger charge is 2.21. The summed E-state index contributed by atoms with van der Waals surface area (Å²) in [6.07, 6.45) is 0. The van der Waals surface area contributed by atoms with Gasteiger partial charge in [0, 0.05) is 44.0 Å². The molecule has 7 aromatic carbocycles. The Bertz CT molecular complexity index is 2850. The van der Waals surface area contributed by atoms with Crippen LogP contribution in [0.2, 0.25) is 0 Å². The summed E-state index contributed by atoms with van der Waals surface area (Å²) in [7, 11) is 0. The number of fused-ring (bicyclic) bond motifs is 5. The van der Waals surface area contributed by atoms with Crippen LogP contribution in [0.15, 0.2) is 182 Å². The Balaban J connectivity index is 1.19. The second kappa shape index (κ2) is 12.8. The number of para-hydroxylation sites is 2. The molecule has 248 valence electrons. The largest absolute Gasteiger partial charge is 0.247 e. The molecule has 6 heteroatoms. The van der Waals surface area contributed by atoms with E-state index in [-0.39, 0.29) is 0 Å². The van der Waals surface area contributed by atoms with Gasteiger partial charge in [-0.3, -0.25) is 0 Å². The van der Waals surface area contributed by atoms with Crippen molar-refractivity contribution in [1.82, 2.24) is 29.9 Å². The number of hydrogen-bond donors (Lipinski definition) is 0. The summed E-state index contributed by atoms with van der Waals surface area (Å²) in [6.45, 7) is 0. The minimum absolute atomic E-state index is 0.688. The SMILES string of the molecule is c1ccc(-c2cc(-c3ccc(-c4cc5c(-c6ccccc6)nc6ccccc6c5c5nn(-c6ccccc6)nc45)cc3)nc(-c3ccccc3)n2)cc1. The molecule has 10 rings (SSSR count). The van der Waals surface area contributed by atoms with E-state index in [4.69, 9.17) is 25.1 Å². The fraction of sp³-hybridized carbons (Fsp3) is 0. The molecule has 0 radical (unpaired) electrons. The first-order valence-electron chi connectivity index (χ1n) is 17.6. The molecule has 0 unspecified atom stereocenters. The second-order valence-corrected chi connectivity index (χ2v) is 13.0. The maximum Gasteiger partial charge on any atom is 0.160 e. The molecule has 0 aliphatic rings. The molecule has 0 amide bonds. The predicted molar refractivity (Wildman–Crippen MR) is 214 cm³/mol. The van der Waals surface area contributed by atoms with Crippen LogP contribution in [0.4, 0.5) is 0 Å². The Labute approximate surface area is 305 Å². The van der Waals surface area contributed by atoms with Crippen LogP contribution in [0.5, 0.6) is 0 Å². The first-order valence-corrected chi connectivity index (χ1v) is 17.6. The van der Waals surface area contributed by atoms with Crippen LogP contribution in [-0.4, -0.2) is 29.9 Å². The summed E-state index contributed by atoms with van der Waals surface area (Å²) in [5.41, 5.74) is 12.2. The van der Waals surface area contributed by atoms with Crippen molar-refractivity contribution in [3.63, 3.8) is 0 Å². The van der Waals surface area contributed by atoms with E-state index in [9.17, 15) is 0 Å². The van der Waals surface area contributed by atoms with Gasteiger partial charge in [-0.2, -0.15) is 4.80 Å². The summed E-state index contributed by atoms with van der Waals surface area (Å²) in [6, 6.07) is 62.0. The van der Waals surface area contributed by atoms with Crippen LogP contribution in [0.3, 0.4) is 0 Å². The van der Waals surface area contributed by atoms with Gasteiger partial charge in [-0.05, 0) is 35.9 Å². The number of benzene rings is 7. The maximum absolute atomic E-state index is 5.23. The van der Waals surface area contributed by atoms with Gasteiger partial charge in [0.25, 0.3) is 0 Å². The van der Waals surface area contributed by atoms with Crippen molar-refractivity contribution >= 4 is 32.7 Å². The molecule has 0 atom stereocenters. The summed E-state index contributed by atoms with van der Waals surface area (Å²) in [5.74, 6) is 0.688. The smallest absolute Gasteiger partial charge is 0.160 e. The topological polar surface area (TPSA) is 69.4 Å². The molecule has 53 heavy (non-hydrogen) atoms. The van der Waals surface area contributed by atoms with E-state index in [1.165, 1.54) is 0 Å². The number of nitrogens with zero attached hydrogens (tertiary/aromatic N) is 6. The van der Waals surface area contributed by atoms with Crippen LogP contribution in [0.1, 0.15) is 0 Å². The Morgan fingerprint density at radius 3 is 1.58 bits per heavy atom. The lowest BCUT2D eigenvalue weighted by molar-refractivity contribution is 0.766. The number of aromatic nitrogens is 6. The van der Waals surface area contributed by atoms with E-state index < -0.39 is 0 Å². The molecule has 0 saturated carbocycles. The third kappa shape index (κ3) is 5.50. The highest BCUT2D eigenvalue weighted by molar-refractivity contribution is 6.23. The first-order chi connectivity index (χ1) is 26.3. The fourth-order valence-electron chi connectivity index (χ4n) is 7.09. The number of rotatable bonds is 6. The van der Waals surface area contributed by atoms with E-state index in [0.29, 0.717) is 5.82 Å². The van der Waals surface area contributed by atoms with Gasteiger partial charge in [0.05, 0.1) is 28.3 Å². The van der Waals surface area contributed by atoms with Crippen LogP contribution >= 0.6 is 0 Å². The molecule has 6 nitrogen and oxygen atoms in total. The summed E-state index contributed by atoms with van der Waals surface area (Å²) in [5, 5.41) is 13.4. The number of pyridine rings is 1. The van der Waals surface area contributed by atoms with E-state index >= 15 is 0 Å². The van der Waals surface area contributed by atoms with Crippen molar-refractivity contribution < 1.29 is 0 Å². The molecule has 3 aromatic heterocycles. The zero-order chi connectivity index (χ0) is 35.1. The van der Waals surface area contributed by atoms with Gasteiger partial charge in [-0.1, -0.05) is 152 Å². The fourth-order valence-corrected chi connectivity index (χ4v) is 7.09. The van der Waals surface area contributed by atoms with Crippen LogP contribution in [-0.2, 0) is 0 Å². The van der Waals surface area contributed by atoms with E-state index in [1.54, 1.807) is 4.80 Å². The molecule has 0 bridgehead atoms. The standard InChI is InChI=1S/C47H30N6/c1-5-15-32(16-6-1)41-30-42(50-47(49-41)35-19-9-3-10-20-35)33-27-25-31(26-28-33)38-29-39-43(46-45(38)51-53(52-46)36-21-11-4-12-22-36)37-23-13-14-24-40(37)48-44(39)34-17-7-2-8-18-34/h1-30H. The molecule has 0 N–H and O–H groups in total. The van der Waals surface area contributed by atoms with Gasteiger partial charge in [-0.25, -0.2) is 15.0 Å². The van der Waals surface area contributed by atoms with Gasteiger partial charge in [0.15, 0.2) is 5.82 Å². The molecule has 0 saturated heterocycles. The first kappa shape index (κ1) is 30.5. The normalized spacial score (nSPS) is 11.4. The molecule has 0 aliphatic heterocycles. The summed E-state index contributed by atoms with van der Waals surface area (Å²) < 4.78 is 0. The Morgan fingerprint density at radius 1 is 0.377 bits per heavy atom. The lowest BCUT2D eigenvalue weighted by atomic mass is 9.93. The van der Waals surface area contributed by atoms with Crippen molar-refractivity contribution in [2.45, 2.75) is 0 Å². The van der Waals surface area contributed by atoms with Gasteiger partial charge < -0.3 is 0 Å². The molecule has 0 fully saturated rings. The quantitative estimate of drug-likeness (QED) is 0.164. The third-order valence-electron chi connectivity index (χ3n) is 9.68. The van der Waals surface area contributed by atoms with Gasteiger partial charge in [0.2, 0.25) is 0 Å². The average molecular weight is 679 g/mol. The minimum Gasteiger partial charge on any atom is -0.247 e. The van der Waals surface area contributed by atoms with E-state index in [2.05, 4.69) is 91.0 Å². The van der Waals surface area contributed by atoms with Crippen LogP contribution < -0.4 is 0 Å². The maximum atomic E-state index is 5.23. The van der Waals surface area contributed by atoms with Crippen molar-refractivity contribution in [2.24, 2.45) is 0 Å². The Hall–Kier alpha value is -7.31. The highest BCUT2D eigenvalue weighted by atomic mass is 15.5. The van der Waals surface area contributed by atoms with Crippen molar-refractivity contribution in [2.75, 3.05) is 0 Å².